The highest BCUT2D eigenvalue weighted by atomic mass is 32.1. The van der Waals surface area contributed by atoms with Crippen molar-refractivity contribution in [1.29, 1.82) is 0 Å². The molecular weight excluding hydrogens is 266 g/mol. The maximum atomic E-state index is 5.46. The Morgan fingerprint density at radius 3 is 2.60 bits per heavy atom. The summed E-state index contributed by atoms with van der Waals surface area (Å²) in [5.74, 6) is 0.955. The molecule has 1 unspecified atom stereocenters. The molecule has 0 aliphatic carbocycles. The van der Waals surface area contributed by atoms with Crippen LogP contribution in [0.4, 0.5) is 0 Å². The molecule has 3 heteroatoms. The van der Waals surface area contributed by atoms with Crippen molar-refractivity contribution in [2.75, 3.05) is 7.11 Å². The number of aryl methyl sites for hydroxylation is 2. The molecule has 1 heterocycles. The molecule has 0 amide bonds. The average Bonchev–Trinajstić information content (AvgIpc) is 2.92. The van der Waals surface area contributed by atoms with Crippen molar-refractivity contribution in [1.82, 2.24) is 5.32 Å². The minimum Gasteiger partial charge on any atom is -0.496 e. The Morgan fingerprint density at radius 2 is 1.95 bits per heavy atom. The summed E-state index contributed by atoms with van der Waals surface area (Å²) in [5, 5.41) is 3.58. The van der Waals surface area contributed by atoms with Crippen LogP contribution in [0.25, 0.3) is 0 Å². The van der Waals surface area contributed by atoms with Crippen molar-refractivity contribution >= 4 is 11.3 Å². The molecule has 1 aromatic carbocycles. The molecule has 2 nitrogen and oxygen atoms in total. The second-order valence-corrected chi connectivity index (χ2v) is 6.32. The first kappa shape index (κ1) is 15.1. The fourth-order valence-electron chi connectivity index (χ4n) is 2.26. The van der Waals surface area contributed by atoms with Crippen LogP contribution < -0.4 is 10.1 Å². The van der Waals surface area contributed by atoms with E-state index in [0.29, 0.717) is 0 Å². The zero-order valence-corrected chi connectivity index (χ0v) is 13.5. The van der Waals surface area contributed by atoms with Crippen LogP contribution in [0.2, 0.25) is 0 Å². The summed E-state index contributed by atoms with van der Waals surface area (Å²) in [6.45, 7) is 7.40. The summed E-state index contributed by atoms with van der Waals surface area (Å²) in [6.07, 6.45) is 1.12. The van der Waals surface area contributed by atoms with E-state index in [9.17, 15) is 0 Å². The molecule has 1 atom stereocenters. The Labute approximate surface area is 125 Å². The first-order chi connectivity index (χ1) is 9.63. The topological polar surface area (TPSA) is 21.3 Å². The van der Waals surface area contributed by atoms with Gasteiger partial charge in [0.25, 0.3) is 0 Å². The highest BCUT2D eigenvalue weighted by Gasteiger charge is 2.11. The predicted molar refractivity (Wildman–Crippen MR) is 86.7 cm³/mol. The second-order valence-electron chi connectivity index (χ2n) is 5.07. The van der Waals surface area contributed by atoms with Gasteiger partial charge in [0, 0.05) is 27.9 Å². The third kappa shape index (κ3) is 3.62. The van der Waals surface area contributed by atoms with E-state index in [1.807, 2.05) is 17.4 Å². The fraction of sp³-hybridized carbons (Fsp3) is 0.412. The van der Waals surface area contributed by atoms with E-state index in [4.69, 9.17) is 4.74 Å². The quantitative estimate of drug-likeness (QED) is 0.846. The molecule has 1 aromatic heterocycles. The number of benzene rings is 1. The molecule has 0 aliphatic heterocycles. The first-order valence-electron chi connectivity index (χ1n) is 7.09. The van der Waals surface area contributed by atoms with Crippen molar-refractivity contribution in [2.24, 2.45) is 0 Å². The first-order valence-corrected chi connectivity index (χ1v) is 7.91. The van der Waals surface area contributed by atoms with Crippen molar-refractivity contribution in [2.45, 2.75) is 39.8 Å². The molecule has 2 rings (SSSR count). The van der Waals surface area contributed by atoms with E-state index >= 15 is 0 Å². The maximum absolute atomic E-state index is 5.46. The van der Waals surface area contributed by atoms with Gasteiger partial charge >= 0.3 is 0 Å². The molecule has 0 saturated heterocycles. The molecule has 0 radical (unpaired) electrons. The van der Waals surface area contributed by atoms with E-state index in [1.165, 1.54) is 20.9 Å². The predicted octanol–water partition coefficient (Wildman–Crippen LogP) is 4.48. The highest BCUT2D eigenvalue weighted by molar-refractivity contribution is 7.11. The summed E-state index contributed by atoms with van der Waals surface area (Å²) < 4.78 is 5.46. The van der Waals surface area contributed by atoms with E-state index in [1.54, 1.807) is 7.11 Å². The summed E-state index contributed by atoms with van der Waals surface area (Å²) in [5.41, 5.74) is 2.48. The number of methoxy groups -OCH3 is 1. The van der Waals surface area contributed by atoms with Crippen molar-refractivity contribution in [3.05, 3.63) is 51.2 Å². The summed E-state index contributed by atoms with van der Waals surface area (Å²) >= 11 is 1.89. The van der Waals surface area contributed by atoms with Gasteiger partial charge in [-0.1, -0.05) is 24.6 Å². The zero-order chi connectivity index (χ0) is 14.5. The maximum Gasteiger partial charge on any atom is 0.123 e. The van der Waals surface area contributed by atoms with E-state index in [0.717, 1.165) is 18.7 Å². The van der Waals surface area contributed by atoms with Crippen LogP contribution in [0.1, 0.15) is 40.8 Å². The van der Waals surface area contributed by atoms with Gasteiger partial charge in [-0.2, -0.15) is 0 Å². The summed E-state index contributed by atoms with van der Waals surface area (Å²) in [7, 11) is 1.73. The van der Waals surface area contributed by atoms with Crippen LogP contribution in [-0.2, 0) is 13.0 Å². The van der Waals surface area contributed by atoms with E-state index < -0.39 is 0 Å². The van der Waals surface area contributed by atoms with Crippen molar-refractivity contribution < 1.29 is 4.74 Å². The monoisotopic (exact) mass is 289 g/mol. The van der Waals surface area contributed by atoms with Crippen LogP contribution in [0, 0.1) is 6.92 Å². The lowest BCUT2D eigenvalue weighted by molar-refractivity contribution is 0.401. The molecular formula is C17H23NOS. The Balaban J connectivity index is 2.04. The van der Waals surface area contributed by atoms with Gasteiger partial charge < -0.3 is 10.1 Å². The zero-order valence-electron chi connectivity index (χ0n) is 12.7. The molecule has 0 saturated carbocycles. The van der Waals surface area contributed by atoms with Gasteiger partial charge in [-0.3, -0.25) is 0 Å². The standard InChI is InChI=1S/C17H23NOS/c1-5-14-7-8-15(20-14)11-18-13(3)16-10-12(2)6-9-17(16)19-4/h6-10,13,18H,5,11H2,1-4H3. The van der Waals surface area contributed by atoms with Crippen molar-refractivity contribution in [3.8, 4) is 5.75 Å². The SMILES string of the molecule is CCc1ccc(CNC(C)c2cc(C)ccc2OC)s1. The lowest BCUT2D eigenvalue weighted by atomic mass is 10.0. The van der Waals surface area contributed by atoms with Gasteiger partial charge in [0.05, 0.1) is 7.11 Å². The van der Waals surface area contributed by atoms with Crippen molar-refractivity contribution in [3.63, 3.8) is 0 Å². The minimum absolute atomic E-state index is 0.275. The number of rotatable bonds is 6. The van der Waals surface area contributed by atoms with Crippen LogP contribution in [-0.4, -0.2) is 7.11 Å². The molecule has 0 spiro atoms. The van der Waals surface area contributed by atoms with Gasteiger partial charge in [0.1, 0.15) is 5.75 Å². The van der Waals surface area contributed by atoms with Gasteiger partial charge in [-0.15, -0.1) is 11.3 Å². The van der Waals surface area contributed by atoms with Crippen LogP contribution in [0.5, 0.6) is 5.75 Å². The van der Waals surface area contributed by atoms with Gasteiger partial charge in [0.2, 0.25) is 0 Å². The average molecular weight is 289 g/mol. The lowest BCUT2D eigenvalue weighted by Gasteiger charge is -2.17. The van der Waals surface area contributed by atoms with Crippen LogP contribution in [0.3, 0.4) is 0 Å². The number of thiophene rings is 1. The normalized spacial score (nSPS) is 12.4. The smallest absolute Gasteiger partial charge is 0.123 e. The molecule has 2 aromatic rings. The number of nitrogens with one attached hydrogen (secondary N) is 1. The van der Waals surface area contributed by atoms with Crippen LogP contribution in [0.15, 0.2) is 30.3 Å². The lowest BCUT2D eigenvalue weighted by Crippen LogP contribution is -2.18. The Bertz CT molecular complexity index is 562. The third-order valence-electron chi connectivity index (χ3n) is 3.50. The second kappa shape index (κ2) is 6.91. The summed E-state index contributed by atoms with van der Waals surface area (Å²) in [4.78, 5) is 2.84. The van der Waals surface area contributed by atoms with Gasteiger partial charge in [-0.05, 0) is 38.5 Å². The highest BCUT2D eigenvalue weighted by Crippen LogP contribution is 2.26. The van der Waals surface area contributed by atoms with E-state index in [2.05, 4.69) is 50.4 Å². The molecule has 20 heavy (non-hydrogen) atoms. The fourth-order valence-corrected chi connectivity index (χ4v) is 3.17. The Hall–Kier alpha value is -1.32. The Morgan fingerprint density at radius 1 is 1.20 bits per heavy atom. The van der Waals surface area contributed by atoms with Crippen LogP contribution >= 0.6 is 11.3 Å². The number of ether oxygens (including phenoxy) is 1. The molecule has 108 valence electrons. The minimum atomic E-state index is 0.275. The molecule has 0 fully saturated rings. The molecule has 0 bridgehead atoms. The largest absolute Gasteiger partial charge is 0.496 e. The molecule has 1 N–H and O–H groups in total. The Kier molecular flexibility index (Phi) is 5.21. The number of hydrogen-bond acceptors (Lipinski definition) is 3. The van der Waals surface area contributed by atoms with Gasteiger partial charge in [0.15, 0.2) is 0 Å². The number of hydrogen-bond donors (Lipinski definition) is 1. The summed E-state index contributed by atoms with van der Waals surface area (Å²) in [6, 6.07) is 11.0. The molecule has 0 aliphatic rings. The third-order valence-corrected chi connectivity index (χ3v) is 4.73. The van der Waals surface area contributed by atoms with E-state index in [-0.39, 0.29) is 6.04 Å². The van der Waals surface area contributed by atoms with Gasteiger partial charge in [-0.25, -0.2) is 0 Å².